The molecule has 2 aromatic carbocycles. The van der Waals surface area contributed by atoms with Crippen LogP contribution in [0.25, 0.3) is 0 Å². The molecule has 2 aliphatic rings. The average molecular weight is 556 g/mol. The molecule has 0 bridgehead atoms. The maximum atomic E-state index is 13.3. The van der Waals surface area contributed by atoms with E-state index in [-0.39, 0.29) is 54.6 Å². The molecule has 0 spiro atoms. The van der Waals surface area contributed by atoms with Gasteiger partial charge in [-0.15, -0.1) is 0 Å². The van der Waals surface area contributed by atoms with Gasteiger partial charge in [-0.1, -0.05) is 12.1 Å². The van der Waals surface area contributed by atoms with Crippen LogP contribution >= 0.6 is 0 Å². The minimum absolute atomic E-state index is 0.00477. The van der Waals surface area contributed by atoms with Gasteiger partial charge in [-0.25, -0.2) is 13.1 Å². The summed E-state index contributed by atoms with van der Waals surface area (Å²) in [5.41, 5.74) is 4.48. The molecule has 16 heteroatoms. The minimum atomic E-state index is -4.36. The second-order valence-corrected chi connectivity index (χ2v) is 12.0. The average Bonchev–Trinajstić information content (AvgIpc) is 2.88. The number of nitro benzene ring substituents is 1. The van der Waals surface area contributed by atoms with Gasteiger partial charge in [-0.3, -0.25) is 14.9 Å². The standard InChI is InChI=1S/C21H25N5O9S2/c22-21(27)16-3-1-2-4-19(16)36(30,31)15-11-17(26(28)29)20-18(12-15)35-13-14(24-20)5-6-23-37(32,33)25-7-9-34-10-8-25/h1-4,11-12,14,23-24H,5-10,13H2,(H2,22,27). The Labute approximate surface area is 213 Å². The molecular formula is C21H25N5O9S2. The van der Waals surface area contributed by atoms with E-state index in [1.165, 1.54) is 28.6 Å². The molecule has 4 rings (SSSR count). The first-order valence-corrected chi connectivity index (χ1v) is 14.1. The van der Waals surface area contributed by atoms with Crippen molar-refractivity contribution in [2.24, 2.45) is 5.73 Å². The number of carbonyl (C=O) groups is 1. The highest BCUT2D eigenvalue weighted by atomic mass is 32.2. The largest absolute Gasteiger partial charge is 0.489 e. The first-order valence-electron chi connectivity index (χ1n) is 11.2. The molecule has 1 amide bonds. The van der Waals surface area contributed by atoms with Crippen molar-refractivity contribution in [2.75, 3.05) is 44.8 Å². The Bertz CT molecular complexity index is 1420. The van der Waals surface area contributed by atoms with Crippen LogP contribution in [0, 0.1) is 10.1 Å². The molecule has 200 valence electrons. The van der Waals surface area contributed by atoms with E-state index in [4.69, 9.17) is 15.2 Å². The Balaban J connectivity index is 1.54. The van der Waals surface area contributed by atoms with Gasteiger partial charge in [0, 0.05) is 31.8 Å². The fourth-order valence-corrected chi connectivity index (χ4v) is 6.68. The molecule has 2 aliphatic heterocycles. The van der Waals surface area contributed by atoms with Crippen molar-refractivity contribution in [1.29, 1.82) is 0 Å². The fourth-order valence-electron chi connectivity index (χ4n) is 4.00. The zero-order valence-electron chi connectivity index (χ0n) is 19.5. The van der Waals surface area contributed by atoms with Crippen LogP contribution in [0.2, 0.25) is 0 Å². The van der Waals surface area contributed by atoms with Crippen LogP contribution in [-0.4, -0.2) is 77.5 Å². The molecule has 1 fully saturated rings. The van der Waals surface area contributed by atoms with E-state index in [2.05, 4.69) is 10.0 Å². The lowest BCUT2D eigenvalue weighted by Crippen LogP contribution is -2.47. The fraction of sp³-hybridized carbons (Fsp3) is 0.381. The van der Waals surface area contributed by atoms with E-state index in [1.807, 2.05) is 0 Å². The summed E-state index contributed by atoms with van der Waals surface area (Å²) in [5, 5.41) is 14.8. The number of carbonyl (C=O) groups excluding carboxylic acids is 1. The maximum Gasteiger partial charge on any atom is 0.297 e. The van der Waals surface area contributed by atoms with E-state index in [1.54, 1.807) is 0 Å². The summed E-state index contributed by atoms with van der Waals surface area (Å²) in [6.07, 6.45) is 0.242. The second-order valence-electron chi connectivity index (χ2n) is 8.29. The molecule has 1 unspecified atom stereocenters. The van der Waals surface area contributed by atoms with E-state index in [9.17, 15) is 31.7 Å². The van der Waals surface area contributed by atoms with Gasteiger partial charge < -0.3 is 20.5 Å². The zero-order chi connectivity index (χ0) is 26.8. The van der Waals surface area contributed by atoms with Crippen molar-refractivity contribution < 1.29 is 36.0 Å². The third kappa shape index (κ3) is 5.67. The number of ether oxygens (including phenoxy) is 2. The van der Waals surface area contributed by atoms with Crippen molar-refractivity contribution in [3.63, 3.8) is 0 Å². The normalized spacial score (nSPS) is 18.3. The van der Waals surface area contributed by atoms with Crippen molar-refractivity contribution in [3.05, 3.63) is 52.1 Å². The number of primary amides is 1. The molecule has 0 aliphatic carbocycles. The predicted molar refractivity (Wildman–Crippen MR) is 130 cm³/mol. The lowest BCUT2D eigenvalue weighted by atomic mass is 10.1. The second kappa shape index (κ2) is 10.6. The molecule has 4 N–H and O–H groups in total. The van der Waals surface area contributed by atoms with Crippen LogP contribution in [0.15, 0.2) is 46.2 Å². The van der Waals surface area contributed by atoms with E-state index < -0.39 is 47.5 Å². The zero-order valence-corrected chi connectivity index (χ0v) is 21.1. The van der Waals surface area contributed by atoms with Crippen LogP contribution in [-0.2, 0) is 24.8 Å². The van der Waals surface area contributed by atoms with E-state index in [0.29, 0.717) is 13.2 Å². The Morgan fingerprint density at radius 3 is 2.57 bits per heavy atom. The number of nitrogens with zero attached hydrogens (tertiary/aromatic N) is 2. The molecular weight excluding hydrogens is 530 g/mol. The SMILES string of the molecule is NC(=O)c1ccccc1S(=O)(=O)c1cc2c(c([N+](=O)[O-])c1)NC(CCNS(=O)(=O)N1CCOCC1)CO2. The van der Waals surface area contributed by atoms with Gasteiger partial charge in [0.1, 0.15) is 6.61 Å². The van der Waals surface area contributed by atoms with Crippen molar-refractivity contribution >= 4 is 37.3 Å². The van der Waals surface area contributed by atoms with Gasteiger partial charge in [0.15, 0.2) is 11.4 Å². The van der Waals surface area contributed by atoms with Crippen LogP contribution in [0.4, 0.5) is 11.4 Å². The molecule has 37 heavy (non-hydrogen) atoms. The van der Waals surface area contributed by atoms with Gasteiger partial charge in [0.2, 0.25) is 15.7 Å². The lowest BCUT2D eigenvalue weighted by Gasteiger charge is -2.29. The van der Waals surface area contributed by atoms with Crippen LogP contribution in [0.5, 0.6) is 5.75 Å². The number of hydrogen-bond acceptors (Lipinski definition) is 10. The van der Waals surface area contributed by atoms with Crippen molar-refractivity contribution in [1.82, 2.24) is 9.03 Å². The number of nitrogens with one attached hydrogen (secondary N) is 2. The molecule has 0 aromatic heterocycles. The summed E-state index contributed by atoms with van der Waals surface area (Å²) < 4.78 is 65.9. The number of morpholine rings is 1. The number of hydrogen-bond donors (Lipinski definition) is 3. The van der Waals surface area contributed by atoms with Crippen molar-refractivity contribution in [2.45, 2.75) is 22.3 Å². The molecule has 0 saturated carbocycles. The van der Waals surface area contributed by atoms with Crippen molar-refractivity contribution in [3.8, 4) is 5.75 Å². The van der Waals surface area contributed by atoms with Gasteiger partial charge in [0.25, 0.3) is 15.9 Å². The number of amides is 1. The number of fused-ring (bicyclic) bond motifs is 1. The van der Waals surface area contributed by atoms with Crippen LogP contribution in [0.1, 0.15) is 16.8 Å². The number of anilines is 1. The quantitative estimate of drug-likeness (QED) is 0.285. The third-order valence-corrected chi connectivity index (χ3v) is 9.28. The number of sulfone groups is 1. The van der Waals surface area contributed by atoms with Crippen LogP contribution < -0.4 is 20.5 Å². The van der Waals surface area contributed by atoms with Gasteiger partial charge in [-0.2, -0.15) is 12.7 Å². The monoisotopic (exact) mass is 555 g/mol. The summed E-state index contributed by atoms with van der Waals surface area (Å²) in [6.45, 7) is 1.16. The van der Waals surface area contributed by atoms with Gasteiger partial charge in [-0.05, 0) is 18.6 Å². The molecule has 2 heterocycles. The minimum Gasteiger partial charge on any atom is -0.489 e. The Hall–Kier alpha value is -3.31. The first-order chi connectivity index (χ1) is 17.5. The Morgan fingerprint density at radius 1 is 1.19 bits per heavy atom. The summed E-state index contributed by atoms with van der Waals surface area (Å²) in [6, 6.07) is 6.82. The third-order valence-electron chi connectivity index (χ3n) is 5.88. The highest BCUT2D eigenvalue weighted by Gasteiger charge is 2.33. The number of nitrogens with two attached hydrogens (primary N) is 1. The van der Waals surface area contributed by atoms with Gasteiger partial charge in [0.05, 0.1) is 39.5 Å². The lowest BCUT2D eigenvalue weighted by molar-refractivity contribution is -0.384. The summed E-state index contributed by atoms with van der Waals surface area (Å²) in [7, 11) is -8.06. The molecule has 1 saturated heterocycles. The van der Waals surface area contributed by atoms with Crippen LogP contribution in [0.3, 0.4) is 0 Å². The van der Waals surface area contributed by atoms with Gasteiger partial charge >= 0.3 is 0 Å². The number of rotatable bonds is 9. The number of benzene rings is 2. The van der Waals surface area contributed by atoms with E-state index >= 15 is 0 Å². The topological polar surface area (TPSA) is 200 Å². The molecule has 0 radical (unpaired) electrons. The highest BCUT2D eigenvalue weighted by Crippen LogP contribution is 2.41. The maximum absolute atomic E-state index is 13.3. The molecule has 2 aromatic rings. The Kier molecular flexibility index (Phi) is 7.65. The highest BCUT2D eigenvalue weighted by molar-refractivity contribution is 7.91. The number of nitro groups is 1. The van der Waals surface area contributed by atoms with E-state index in [0.717, 1.165) is 12.1 Å². The molecule has 1 atom stereocenters. The summed E-state index contributed by atoms with van der Waals surface area (Å²) in [4.78, 5) is 22.0. The first kappa shape index (κ1) is 26.7. The molecule has 14 nitrogen and oxygen atoms in total. The summed E-state index contributed by atoms with van der Waals surface area (Å²) >= 11 is 0. The predicted octanol–water partition coefficient (Wildman–Crippen LogP) is 0.256. The Morgan fingerprint density at radius 2 is 1.89 bits per heavy atom. The summed E-state index contributed by atoms with van der Waals surface area (Å²) in [5.74, 6) is -1.02. The smallest absolute Gasteiger partial charge is 0.297 e.